The van der Waals surface area contributed by atoms with Gasteiger partial charge in [0.15, 0.2) is 0 Å². The molecule has 4 aromatic rings. The Morgan fingerprint density at radius 1 is 0.941 bits per heavy atom. The molecule has 2 heterocycles. The summed E-state index contributed by atoms with van der Waals surface area (Å²) in [7, 11) is 1.64. The highest BCUT2D eigenvalue weighted by atomic mass is 19.4. The van der Waals surface area contributed by atoms with Gasteiger partial charge in [0.25, 0.3) is 5.91 Å². The molecule has 0 saturated carbocycles. The molecule has 1 amide bonds. The molecule has 1 N–H and O–H groups in total. The van der Waals surface area contributed by atoms with Crippen LogP contribution in [0.25, 0.3) is 0 Å². The molecule has 0 radical (unpaired) electrons. The number of amides is 1. The number of nitrogens with one attached hydrogen (secondary N) is 1. The summed E-state index contributed by atoms with van der Waals surface area (Å²) in [4.78, 5) is 18.0. The van der Waals surface area contributed by atoms with E-state index in [9.17, 15) is 18.0 Å². The molecule has 4 rings (SSSR count). The van der Waals surface area contributed by atoms with Crippen molar-refractivity contribution in [2.45, 2.75) is 25.1 Å². The van der Waals surface area contributed by atoms with Crippen LogP contribution in [0.5, 0.6) is 0 Å². The lowest BCUT2D eigenvalue weighted by atomic mass is 9.79. The molecule has 0 saturated heterocycles. The van der Waals surface area contributed by atoms with E-state index in [0.717, 1.165) is 17.7 Å². The van der Waals surface area contributed by atoms with Crippen molar-refractivity contribution in [3.8, 4) is 0 Å². The normalized spacial score (nSPS) is 13.3. The molecule has 0 aliphatic rings. The van der Waals surface area contributed by atoms with Crippen molar-refractivity contribution in [1.29, 1.82) is 0 Å². The molecule has 2 aromatic heterocycles. The summed E-state index contributed by atoms with van der Waals surface area (Å²) in [6.07, 6.45) is -2.79. The van der Waals surface area contributed by atoms with Crippen molar-refractivity contribution in [1.82, 2.24) is 20.1 Å². The Morgan fingerprint density at radius 3 is 2.26 bits per heavy atom. The van der Waals surface area contributed by atoms with Crippen molar-refractivity contribution in [2.75, 3.05) is 0 Å². The molecule has 0 aliphatic heterocycles. The third-order valence-electron chi connectivity index (χ3n) is 5.66. The zero-order chi connectivity index (χ0) is 24.3. The molecule has 0 fully saturated rings. The zero-order valence-corrected chi connectivity index (χ0v) is 18.7. The SMILES string of the molecule is Cc1cc(C(=O)NC(Cc2ccccc2)(c2cccc(C(F)(F)F)c2)c2ccccn2)n(C)n1. The first-order valence-electron chi connectivity index (χ1n) is 10.7. The van der Waals surface area contributed by atoms with Crippen molar-refractivity contribution in [3.63, 3.8) is 0 Å². The van der Waals surface area contributed by atoms with E-state index in [2.05, 4.69) is 15.4 Å². The number of aryl methyl sites for hydroxylation is 2. The Bertz CT molecular complexity index is 1290. The topological polar surface area (TPSA) is 59.8 Å². The first kappa shape index (κ1) is 23.2. The minimum atomic E-state index is -4.54. The average Bonchev–Trinajstić information content (AvgIpc) is 3.17. The second-order valence-electron chi connectivity index (χ2n) is 8.11. The molecule has 8 heteroatoms. The van der Waals surface area contributed by atoms with Crippen LogP contribution in [0.2, 0.25) is 0 Å². The van der Waals surface area contributed by atoms with Crippen molar-refractivity contribution >= 4 is 5.91 Å². The van der Waals surface area contributed by atoms with Gasteiger partial charge in [0.1, 0.15) is 11.2 Å². The third-order valence-corrected chi connectivity index (χ3v) is 5.66. The summed E-state index contributed by atoms with van der Waals surface area (Å²) in [5.41, 5.74) is 0.286. The van der Waals surface area contributed by atoms with Crippen LogP contribution in [-0.4, -0.2) is 20.7 Å². The number of rotatable bonds is 6. The molecule has 1 atom stereocenters. The second kappa shape index (κ2) is 9.13. The van der Waals surface area contributed by atoms with Crippen molar-refractivity contribution in [2.24, 2.45) is 7.05 Å². The number of alkyl halides is 3. The van der Waals surface area contributed by atoms with Gasteiger partial charge in [-0.1, -0.05) is 48.5 Å². The molecular formula is C26H23F3N4O. The van der Waals surface area contributed by atoms with Crippen LogP contribution >= 0.6 is 0 Å². The van der Waals surface area contributed by atoms with Gasteiger partial charge in [-0.15, -0.1) is 0 Å². The van der Waals surface area contributed by atoms with E-state index in [0.29, 0.717) is 11.4 Å². The standard InChI is InChI=1S/C26H23F3N4O/c1-18-15-22(33(2)32-18)24(34)31-25(23-13-6-7-14-30-23,17-19-9-4-3-5-10-19)20-11-8-12-21(16-20)26(27,28)29/h3-16H,17H2,1-2H3,(H,31,34). The van der Waals surface area contributed by atoms with Gasteiger partial charge in [-0.3, -0.25) is 14.5 Å². The molecule has 0 aliphatic carbocycles. The van der Waals surface area contributed by atoms with Gasteiger partial charge >= 0.3 is 6.18 Å². The van der Waals surface area contributed by atoms with Gasteiger partial charge in [-0.25, -0.2) is 0 Å². The Kier molecular flexibility index (Phi) is 6.24. The fourth-order valence-electron chi connectivity index (χ4n) is 4.08. The minimum absolute atomic E-state index is 0.189. The zero-order valence-electron chi connectivity index (χ0n) is 18.7. The highest BCUT2D eigenvalue weighted by Crippen LogP contribution is 2.37. The maximum Gasteiger partial charge on any atom is 0.416 e. The van der Waals surface area contributed by atoms with E-state index in [4.69, 9.17) is 0 Å². The number of aromatic nitrogens is 3. The van der Waals surface area contributed by atoms with Crippen LogP contribution in [-0.2, 0) is 25.2 Å². The van der Waals surface area contributed by atoms with Gasteiger partial charge in [0.05, 0.1) is 17.0 Å². The number of hydrogen-bond acceptors (Lipinski definition) is 3. The summed E-state index contributed by atoms with van der Waals surface area (Å²) in [6, 6.07) is 21.1. The monoisotopic (exact) mass is 464 g/mol. The lowest BCUT2D eigenvalue weighted by Crippen LogP contribution is -2.49. The Labute approximate surface area is 195 Å². The van der Waals surface area contributed by atoms with E-state index >= 15 is 0 Å². The molecule has 2 aromatic carbocycles. The Balaban J connectivity index is 1.94. The maximum absolute atomic E-state index is 13.7. The summed E-state index contributed by atoms with van der Waals surface area (Å²) < 4.78 is 42.4. The molecular weight excluding hydrogens is 441 g/mol. The van der Waals surface area contributed by atoms with E-state index in [-0.39, 0.29) is 17.7 Å². The fourth-order valence-corrected chi connectivity index (χ4v) is 4.08. The number of nitrogens with zero attached hydrogens (tertiary/aromatic N) is 3. The summed E-state index contributed by atoms with van der Waals surface area (Å²) in [5.74, 6) is -0.470. The van der Waals surface area contributed by atoms with Crippen LogP contribution in [0.1, 0.15) is 38.6 Å². The number of carbonyl (C=O) groups is 1. The van der Waals surface area contributed by atoms with Gasteiger partial charge < -0.3 is 5.32 Å². The predicted molar refractivity (Wildman–Crippen MR) is 122 cm³/mol. The summed E-state index contributed by atoms with van der Waals surface area (Å²) in [6.45, 7) is 1.76. The smallest absolute Gasteiger partial charge is 0.335 e. The quantitative estimate of drug-likeness (QED) is 0.434. The number of benzene rings is 2. The Morgan fingerprint density at radius 2 is 1.65 bits per heavy atom. The molecule has 5 nitrogen and oxygen atoms in total. The first-order valence-corrected chi connectivity index (χ1v) is 10.7. The van der Waals surface area contributed by atoms with Gasteiger partial charge in [-0.05, 0) is 48.4 Å². The maximum atomic E-state index is 13.7. The van der Waals surface area contributed by atoms with E-state index < -0.39 is 23.2 Å². The van der Waals surface area contributed by atoms with Gasteiger partial charge in [0, 0.05) is 19.7 Å². The molecule has 1 unspecified atom stereocenters. The average molecular weight is 464 g/mol. The second-order valence-corrected chi connectivity index (χ2v) is 8.11. The van der Waals surface area contributed by atoms with Crippen LogP contribution in [0.3, 0.4) is 0 Å². The summed E-state index contributed by atoms with van der Waals surface area (Å²) in [5, 5.41) is 7.26. The number of carbonyl (C=O) groups excluding carboxylic acids is 1. The van der Waals surface area contributed by atoms with Crippen LogP contribution in [0.15, 0.2) is 85.1 Å². The van der Waals surface area contributed by atoms with Crippen LogP contribution in [0.4, 0.5) is 13.2 Å². The van der Waals surface area contributed by atoms with Crippen LogP contribution in [0, 0.1) is 6.92 Å². The van der Waals surface area contributed by atoms with Gasteiger partial charge in [-0.2, -0.15) is 18.3 Å². The number of halogens is 3. The number of hydrogen-bond donors (Lipinski definition) is 1. The third kappa shape index (κ3) is 4.71. The van der Waals surface area contributed by atoms with Crippen molar-refractivity contribution in [3.05, 3.63) is 119 Å². The summed E-state index contributed by atoms with van der Waals surface area (Å²) >= 11 is 0. The highest BCUT2D eigenvalue weighted by molar-refractivity contribution is 5.93. The molecule has 174 valence electrons. The first-order chi connectivity index (χ1) is 16.2. The largest absolute Gasteiger partial charge is 0.416 e. The van der Waals surface area contributed by atoms with Crippen molar-refractivity contribution < 1.29 is 18.0 Å². The molecule has 0 bridgehead atoms. The predicted octanol–water partition coefficient (Wildman–Crippen LogP) is 5.06. The highest BCUT2D eigenvalue weighted by Gasteiger charge is 2.40. The molecule has 34 heavy (non-hydrogen) atoms. The van der Waals surface area contributed by atoms with E-state index in [1.54, 1.807) is 50.5 Å². The number of pyridine rings is 1. The lowest BCUT2D eigenvalue weighted by Gasteiger charge is -2.35. The van der Waals surface area contributed by atoms with Gasteiger partial charge in [0.2, 0.25) is 0 Å². The lowest BCUT2D eigenvalue weighted by molar-refractivity contribution is -0.137. The molecule has 0 spiro atoms. The Hall–Kier alpha value is -3.94. The van der Waals surface area contributed by atoms with E-state index in [1.807, 2.05) is 30.3 Å². The van der Waals surface area contributed by atoms with E-state index in [1.165, 1.54) is 10.7 Å². The van der Waals surface area contributed by atoms with Crippen LogP contribution < -0.4 is 5.32 Å². The minimum Gasteiger partial charge on any atom is -0.335 e. The fraction of sp³-hybridized carbons (Fsp3) is 0.192.